The molecule has 0 aliphatic heterocycles. The van der Waals surface area contributed by atoms with Gasteiger partial charge in [0.15, 0.2) is 0 Å². The van der Waals surface area contributed by atoms with Gasteiger partial charge in [0.2, 0.25) is 5.91 Å². The van der Waals surface area contributed by atoms with Crippen molar-refractivity contribution < 1.29 is 18.9 Å². The van der Waals surface area contributed by atoms with Crippen molar-refractivity contribution in [3.05, 3.63) is 75.6 Å². The second-order valence-electron chi connectivity index (χ2n) is 6.20. The van der Waals surface area contributed by atoms with Gasteiger partial charge in [-0.1, -0.05) is 24.3 Å². The number of urea groups is 1. The monoisotopic (exact) mass is 388 g/mol. The van der Waals surface area contributed by atoms with E-state index in [1.807, 2.05) is 0 Å². The van der Waals surface area contributed by atoms with Crippen LogP contribution in [-0.4, -0.2) is 35.4 Å². The Balaban J connectivity index is 1.84. The third-order valence-electron chi connectivity index (χ3n) is 4.30. The molecular formula is C19H21FN4O4. The molecule has 3 amide bonds. The third kappa shape index (κ3) is 5.76. The van der Waals surface area contributed by atoms with Gasteiger partial charge < -0.3 is 15.5 Å². The standard InChI is InChI=1S/C19H21FN4O4/c1-13(15-4-3-5-17(10-15)24(27)28)23(2)18(25)12-22-19(26)21-11-14-6-8-16(20)9-7-14/h3-10,13H,11-12H2,1-2H3,(H2,21,22,26)/t13-/m1/s1. The van der Waals surface area contributed by atoms with Gasteiger partial charge in [0.05, 0.1) is 17.5 Å². The van der Waals surface area contributed by atoms with E-state index < -0.39 is 17.0 Å². The fourth-order valence-electron chi connectivity index (χ4n) is 2.47. The SMILES string of the molecule is C[C@H](c1cccc([N+](=O)[O-])c1)N(C)C(=O)CNC(=O)NCc1ccc(F)cc1. The number of amides is 3. The minimum atomic E-state index is -0.533. The number of halogens is 1. The number of benzene rings is 2. The molecule has 2 rings (SSSR count). The lowest BCUT2D eigenvalue weighted by molar-refractivity contribution is -0.384. The van der Waals surface area contributed by atoms with E-state index >= 15 is 0 Å². The zero-order valence-electron chi connectivity index (χ0n) is 15.5. The Hall–Kier alpha value is -3.49. The number of hydrogen-bond acceptors (Lipinski definition) is 4. The lowest BCUT2D eigenvalue weighted by Crippen LogP contribution is -2.43. The van der Waals surface area contributed by atoms with Crippen molar-refractivity contribution in [2.45, 2.75) is 19.5 Å². The molecule has 0 bridgehead atoms. The van der Waals surface area contributed by atoms with E-state index in [0.717, 1.165) is 5.56 Å². The molecule has 0 aromatic heterocycles. The summed E-state index contributed by atoms with van der Waals surface area (Å²) >= 11 is 0. The first-order valence-corrected chi connectivity index (χ1v) is 8.54. The van der Waals surface area contributed by atoms with Crippen molar-refractivity contribution in [3.8, 4) is 0 Å². The first-order valence-electron chi connectivity index (χ1n) is 8.54. The molecule has 2 aromatic carbocycles. The molecule has 0 radical (unpaired) electrons. The molecule has 0 spiro atoms. The van der Waals surface area contributed by atoms with Crippen molar-refractivity contribution in [2.75, 3.05) is 13.6 Å². The molecule has 0 unspecified atom stereocenters. The number of non-ortho nitro benzene ring substituents is 1. The third-order valence-corrected chi connectivity index (χ3v) is 4.30. The highest BCUT2D eigenvalue weighted by atomic mass is 19.1. The molecule has 2 aromatic rings. The average Bonchev–Trinajstić information content (AvgIpc) is 2.70. The van der Waals surface area contributed by atoms with Gasteiger partial charge in [-0.2, -0.15) is 0 Å². The van der Waals surface area contributed by atoms with Crippen molar-refractivity contribution in [2.24, 2.45) is 0 Å². The van der Waals surface area contributed by atoms with Crippen LogP contribution in [0.3, 0.4) is 0 Å². The highest BCUT2D eigenvalue weighted by molar-refractivity contribution is 5.84. The molecule has 9 heteroatoms. The lowest BCUT2D eigenvalue weighted by atomic mass is 10.1. The summed E-state index contributed by atoms with van der Waals surface area (Å²) in [5, 5.41) is 15.9. The van der Waals surface area contributed by atoms with E-state index in [1.54, 1.807) is 38.2 Å². The second kappa shape index (κ2) is 9.45. The Morgan fingerprint density at radius 1 is 1.18 bits per heavy atom. The van der Waals surface area contributed by atoms with Crippen LogP contribution in [0.1, 0.15) is 24.1 Å². The number of carbonyl (C=O) groups excluding carboxylic acids is 2. The van der Waals surface area contributed by atoms with Gasteiger partial charge in [0.25, 0.3) is 5.69 Å². The summed E-state index contributed by atoms with van der Waals surface area (Å²) in [4.78, 5) is 35.9. The summed E-state index contributed by atoms with van der Waals surface area (Å²) in [6, 6.07) is 10.8. The smallest absolute Gasteiger partial charge is 0.315 e. The van der Waals surface area contributed by atoms with Crippen LogP contribution in [-0.2, 0) is 11.3 Å². The molecule has 2 N–H and O–H groups in total. The van der Waals surface area contributed by atoms with E-state index in [2.05, 4.69) is 10.6 Å². The first-order chi connectivity index (χ1) is 13.3. The lowest BCUT2D eigenvalue weighted by Gasteiger charge is -2.25. The number of nitrogens with zero attached hydrogens (tertiary/aromatic N) is 2. The maximum absolute atomic E-state index is 12.8. The summed E-state index contributed by atoms with van der Waals surface area (Å²) in [5.41, 5.74) is 1.29. The minimum absolute atomic E-state index is 0.0523. The fraction of sp³-hybridized carbons (Fsp3) is 0.263. The van der Waals surface area contributed by atoms with Crippen LogP contribution in [0.2, 0.25) is 0 Å². The number of hydrogen-bond donors (Lipinski definition) is 2. The van der Waals surface area contributed by atoms with Crippen LogP contribution in [0.4, 0.5) is 14.9 Å². The molecule has 0 aliphatic carbocycles. The quantitative estimate of drug-likeness (QED) is 0.562. The average molecular weight is 388 g/mol. The van der Waals surface area contributed by atoms with Gasteiger partial charge in [-0.15, -0.1) is 0 Å². The number of rotatable bonds is 7. The van der Waals surface area contributed by atoms with Crippen molar-refractivity contribution in [3.63, 3.8) is 0 Å². The molecule has 8 nitrogen and oxygen atoms in total. The van der Waals surface area contributed by atoms with Crippen LogP contribution < -0.4 is 10.6 Å². The van der Waals surface area contributed by atoms with Crippen LogP contribution in [0.15, 0.2) is 48.5 Å². The van der Waals surface area contributed by atoms with Crippen LogP contribution in [0, 0.1) is 15.9 Å². The zero-order valence-corrected chi connectivity index (χ0v) is 15.5. The first kappa shape index (κ1) is 20.8. The highest BCUT2D eigenvalue weighted by Gasteiger charge is 2.19. The number of likely N-dealkylation sites (N-methyl/N-ethyl adjacent to an activating group) is 1. The van der Waals surface area contributed by atoms with E-state index in [4.69, 9.17) is 0 Å². The highest BCUT2D eigenvalue weighted by Crippen LogP contribution is 2.22. The van der Waals surface area contributed by atoms with E-state index in [0.29, 0.717) is 5.56 Å². The van der Waals surface area contributed by atoms with Crippen LogP contribution in [0.5, 0.6) is 0 Å². The Kier molecular flexibility index (Phi) is 7.02. The molecule has 0 heterocycles. The maximum atomic E-state index is 12.8. The van der Waals surface area contributed by atoms with Gasteiger partial charge in [0.1, 0.15) is 5.82 Å². The fourth-order valence-corrected chi connectivity index (χ4v) is 2.47. The molecule has 28 heavy (non-hydrogen) atoms. The number of nitrogens with one attached hydrogen (secondary N) is 2. The molecular weight excluding hydrogens is 367 g/mol. The van der Waals surface area contributed by atoms with Crippen molar-refractivity contribution >= 4 is 17.6 Å². The number of nitro benzene ring substituents is 1. The van der Waals surface area contributed by atoms with Gasteiger partial charge in [-0.25, -0.2) is 9.18 Å². The zero-order chi connectivity index (χ0) is 20.7. The topological polar surface area (TPSA) is 105 Å². The number of nitro groups is 1. The second-order valence-corrected chi connectivity index (χ2v) is 6.20. The Morgan fingerprint density at radius 3 is 2.50 bits per heavy atom. The van der Waals surface area contributed by atoms with Gasteiger partial charge in [-0.05, 0) is 30.2 Å². The predicted molar refractivity (Wildman–Crippen MR) is 101 cm³/mol. The molecule has 0 aliphatic rings. The normalized spacial score (nSPS) is 11.4. The largest absolute Gasteiger partial charge is 0.337 e. The van der Waals surface area contributed by atoms with Crippen molar-refractivity contribution in [1.82, 2.24) is 15.5 Å². The predicted octanol–water partition coefficient (Wildman–Crippen LogP) is 2.75. The van der Waals surface area contributed by atoms with Crippen molar-refractivity contribution in [1.29, 1.82) is 0 Å². The Morgan fingerprint density at radius 2 is 1.86 bits per heavy atom. The molecule has 148 valence electrons. The molecule has 0 saturated carbocycles. The van der Waals surface area contributed by atoms with Crippen LogP contribution in [0.25, 0.3) is 0 Å². The van der Waals surface area contributed by atoms with Gasteiger partial charge in [0, 0.05) is 25.7 Å². The Bertz CT molecular complexity index is 857. The molecule has 1 atom stereocenters. The minimum Gasteiger partial charge on any atom is -0.337 e. The van der Waals surface area contributed by atoms with Crippen LogP contribution >= 0.6 is 0 Å². The van der Waals surface area contributed by atoms with Gasteiger partial charge >= 0.3 is 6.03 Å². The van der Waals surface area contributed by atoms with E-state index in [9.17, 15) is 24.1 Å². The summed E-state index contributed by atoms with van der Waals surface area (Å²) in [6.07, 6.45) is 0. The summed E-state index contributed by atoms with van der Waals surface area (Å²) in [7, 11) is 1.56. The Labute approximate surface area is 161 Å². The molecule has 0 fully saturated rings. The maximum Gasteiger partial charge on any atom is 0.315 e. The number of carbonyl (C=O) groups is 2. The molecule has 0 saturated heterocycles. The van der Waals surface area contributed by atoms with E-state index in [1.165, 1.54) is 29.2 Å². The summed E-state index contributed by atoms with van der Waals surface area (Å²) in [6.45, 7) is 1.71. The summed E-state index contributed by atoms with van der Waals surface area (Å²) in [5.74, 6) is -0.712. The summed E-state index contributed by atoms with van der Waals surface area (Å²) < 4.78 is 12.8. The van der Waals surface area contributed by atoms with E-state index in [-0.39, 0.29) is 30.5 Å². The van der Waals surface area contributed by atoms with Gasteiger partial charge in [-0.3, -0.25) is 14.9 Å².